The van der Waals surface area contributed by atoms with Crippen LogP contribution in [0.1, 0.15) is 15.9 Å². The molecule has 0 bridgehead atoms. The van der Waals surface area contributed by atoms with Gasteiger partial charge in [0, 0.05) is 19.4 Å². The molecule has 1 aromatic carbocycles. The summed E-state index contributed by atoms with van der Waals surface area (Å²) >= 11 is 6.21. The van der Waals surface area contributed by atoms with Crippen LogP contribution < -0.4 is 9.64 Å². The van der Waals surface area contributed by atoms with Crippen LogP contribution >= 0.6 is 11.6 Å². The second-order valence-electron chi connectivity index (χ2n) is 5.32. The number of aromatic nitrogens is 2. The van der Waals surface area contributed by atoms with Crippen LogP contribution in [0.25, 0.3) is 0 Å². The van der Waals surface area contributed by atoms with Crippen LogP contribution in [0.15, 0.2) is 61.1 Å². The van der Waals surface area contributed by atoms with E-state index in [9.17, 15) is 4.79 Å². The van der Waals surface area contributed by atoms with E-state index in [-0.39, 0.29) is 16.8 Å². The van der Waals surface area contributed by atoms with E-state index in [2.05, 4.69) is 9.97 Å². The Balaban J connectivity index is 1.78. The fourth-order valence-electron chi connectivity index (χ4n) is 2.19. The van der Waals surface area contributed by atoms with E-state index in [0.717, 1.165) is 0 Å². The number of carbonyl (C=O) groups excluding carboxylic acids is 1. The third-order valence-corrected chi connectivity index (χ3v) is 3.86. The summed E-state index contributed by atoms with van der Waals surface area (Å²) in [5.74, 6) is 0.402. The number of nitrogens with zero attached hydrogens (tertiary/aromatic N) is 4. The summed E-state index contributed by atoms with van der Waals surface area (Å²) in [7, 11) is 1.65. The molecular weight excluding hydrogens is 352 g/mol. The number of nitriles is 1. The van der Waals surface area contributed by atoms with Crippen LogP contribution in [0.5, 0.6) is 11.6 Å². The molecule has 2 aromatic heterocycles. The maximum atomic E-state index is 12.6. The van der Waals surface area contributed by atoms with Gasteiger partial charge in [-0.1, -0.05) is 11.6 Å². The van der Waals surface area contributed by atoms with Crippen molar-refractivity contribution < 1.29 is 9.53 Å². The zero-order valence-electron chi connectivity index (χ0n) is 13.8. The van der Waals surface area contributed by atoms with Gasteiger partial charge in [0.25, 0.3) is 5.91 Å². The summed E-state index contributed by atoms with van der Waals surface area (Å²) in [4.78, 5) is 22.2. The first-order valence-corrected chi connectivity index (χ1v) is 7.98. The molecule has 0 spiro atoms. The summed E-state index contributed by atoms with van der Waals surface area (Å²) < 4.78 is 5.60. The van der Waals surface area contributed by atoms with Crippen molar-refractivity contribution >= 4 is 23.2 Å². The van der Waals surface area contributed by atoms with Crippen LogP contribution in [-0.2, 0) is 0 Å². The van der Waals surface area contributed by atoms with Crippen LogP contribution in [0.2, 0.25) is 5.02 Å². The van der Waals surface area contributed by atoms with E-state index >= 15 is 0 Å². The highest BCUT2D eigenvalue weighted by Gasteiger charge is 2.16. The Morgan fingerprint density at radius 2 is 2.00 bits per heavy atom. The number of pyridine rings is 2. The summed E-state index contributed by atoms with van der Waals surface area (Å²) in [5.41, 5.74) is 1.51. The van der Waals surface area contributed by atoms with Gasteiger partial charge in [0.15, 0.2) is 0 Å². The van der Waals surface area contributed by atoms with Crippen molar-refractivity contribution in [3.63, 3.8) is 0 Å². The van der Waals surface area contributed by atoms with Crippen molar-refractivity contribution in [3.8, 4) is 17.7 Å². The molecular formula is C19H13ClN4O2. The number of halogens is 1. The molecule has 0 aliphatic heterocycles. The van der Waals surface area contributed by atoms with Crippen LogP contribution in [0, 0.1) is 11.3 Å². The van der Waals surface area contributed by atoms with Crippen molar-refractivity contribution in [1.82, 2.24) is 9.97 Å². The van der Waals surface area contributed by atoms with E-state index in [1.54, 1.807) is 55.8 Å². The number of rotatable bonds is 4. The predicted octanol–water partition coefficient (Wildman–Crippen LogP) is 4.07. The van der Waals surface area contributed by atoms with E-state index in [4.69, 9.17) is 21.6 Å². The fourth-order valence-corrected chi connectivity index (χ4v) is 2.39. The third kappa shape index (κ3) is 3.79. The first-order chi connectivity index (χ1) is 12.6. The van der Waals surface area contributed by atoms with Crippen LogP contribution in [0.4, 0.5) is 5.69 Å². The summed E-state index contributed by atoms with van der Waals surface area (Å²) in [6.07, 6.45) is 4.63. The highest BCUT2D eigenvalue weighted by atomic mass is 35.5. The highest BCUT2D eigenvalue weighted by molar-refractivity contribution is 6.32. The van der Waals surface area contributed by atoms with Gasteiger partial charge in [0.2, 0.25) is 5.88 Å². The van der Waals surface area contributed by atoms with Crippen molar-refractivity contribution in [2.24, 2.45) is 0 Å². The normalized spacial score (nSPS) is 10.0. The van der Waals surface area contributed by atoms with Gasteiger partial charge in [0.05, 0.1) is 29.1 Å². The Morgan fingerprint density at radius 3 is 2.62 bits per heavy atom. The first-order valence-electron chi connectivity index (χ1n) is 7.60. The minimum absolute atomic E-state index is 0.178. The lowest BCUT2D eigenvalue weighted by Gasteiger charge is -2.17. The van der Waals surface area contributed by atoms with Gasteiger partial charge < -0.3 is 9.64 Å². The molecule has 7 heteroatoms. The van der Waals surface area contributed by atoms with Crippen LogP contribution in [0.3, 0.4) is 0 Å². The van der Waals surface area contributed by atoms with E-state index < -0.39 is 0 Å². The largest absolute Gasteiger partial charge is 0.438 e. The molecule has 0 radical (unpaired) electrons. The number of carbonyl (C=O) groups is 1. The van der Waals surface area contributed by atoms with E-state index in [1.165, 1.54) is 17.2 Å². The standard InChI is InChI=1S/C19H13ClN4O2/c1-24(15-3-2-8-22-12-15)19(25)14-9-17(20)18(23-11-14)26-16-6-4-13(10-21)5-7-16/h2-9,11-12H,1H3. The Hall–Kier alpha value is -3.43. The van der Waals surface area contributed by atoms with E-state index in [1.807, 2.05) is 6.07 Å². The fraction of sp³-hybridized carbons (Fsp3) is 0.0526. The van der Waals surface area contributed by atoms with Crippen molar-refractivity contribution in [3.05, 3.63) is 77.2 Å². The maximum Gasteiger partial charge on any atom is 0.259 e. The Kier molecular flexibility index (Phi) is 5.11. The molecule has 0 aliphatic carbocycles. The maximum absolute atomic E-state index is 12.6. The molecule has 0 saturated carbocycles. The zero-order chi connectivity index (χ0) is 18.5. The molecule has 3 aromatic rings. The molecule has 128 valence electrons. The van der Waals surface area contributed by atoms with Crippen LogP contribution in [-0.4, -0.2) is 22.9 Å². The lowest BCUT2D eigenvalue weighted by atomic mass is 10.2. The first kappa shape index (κ1) is 17.4. The minimum atomic E-state index is -0.266. The lowest BCUT2D eigenvalue weighted by molar-refractivity contribution is 0.0992. The van der Waals surface area contributed by atoms with Gasteiger partial charge in [-0.15, -0.1) is 0 Å². The molecule has 0 N–H and O–H groups in total. The van der Waals surface area contributed by atoms with Crippen molar-refractivity contribution in [2.75, 3.05) is 11.9 Å². The molecule has 0 fully saturated rings. The molecule has 0 atom stereocenters. The van der Waals surface area contributed by atoms with Gasteiger partial charge in [-0.05, 0) is 42.5 Å². The number of hydrogen-bond donors (Lipinski definition) is 0. The lowest BCUT2D eigenvalue weighted by Crippen LogP contribution is -2.26. The quantitative estimate of drug-likeness (QED) is 0.697. The van der Waals surface area contributed by atoms with Gasteiger partial charge in [-0.25, -0.2) is 4.98 Å². The Morgan fingerprint density at radius 1 is 1.23 bits per heavy atom. The monoisotopic (exact) mass is 364 g/mol. The smallest absolute Gasteiger partial charge is 0.259 e. The average Bonchev–Trinajstić information content (AvgIpc) is 2.69. The molecule has 26 heavy (non-hydrogen) atoms. The predicted molar refractivity (Wildman–Crippen MR) is 97.4 cm³/mol. The number of anilines is 1. The van der Waals surface area contributed by atoms with Gasteiger partial charge in [-0.2, -0.15) is 5.26 Å². The SMILES string of the molecule is CN(C(=O)c1cnc(Oc2ccc(C#N)cc2)c(Cl)c1)c1cccnc1. The average molecular weight is 365 g/mol. The topological polar surface area (TPSA) is 79.1 Å². The van der Waals surface area contributed by atoms with Crippen molar-refractivity contribution in [1.29, 1.82) is 5.26 Å². The van der Waals surface area contributed by atoms with E-state index in [0.29, 0.717) is 22.6 Å². The van der Waals surface area contributed by atoms with Gasteiger partial charge in [-0.3, -0.25) is 9.78 Å². The van der Waals surface area contributed by atoms with Gasteiger partial charge >= 0.3 is 0 Å². The molecule has 3 rings (SSSR count). The second-order valence-corrected chi connectivity index (χ2v) is 5.73. The Bertz CT molecular complexity index is 969. The molecule has 1 amide bonds. The number of benzene rings is 1. The molecule has 0 unspecified atom stereocenters. The second kappa shape index (κ2) is 7.64. The molecule has 6 nitrogen and oxygen atoms in total. The van der Waals surface area contributed by atoms with Gasteiger partial charge in [0.1, 0.15) is 10.8 Å². The molecule has 2 heterocycles. The summed E-state index contributed by atoms with van der Waals surface area (Å²) in [5, 5.41) is 9.02. The summed E-state index contributed by atoms with van der Waals surface area (Å²) in [6, 6.07) is 13.6. The summed E-state index contributed by atoms with van der Waals surface area (Å²) in [6.45, 7) is 0. The van der Waals surface area contributed by atoms with Crippen molar-refractivity contribution in [2.45, 2.75) is 0 Å². The molecule has 0 saturated heterocycles. The minimum Gasteiger partial charge on any atom is -0.438 e. The number of amides is 1. The number of ether oxygens (including phenoxy) is 1. The zero-order valence-corrected chi connectivity index (χ0v) is 14.5. The Labute approximate surface area is 155 Å². The third-order valence-electron chi connectivity index (χ3n) is 3.59. The molecule has 0 aliphatic rings. The highest BCUT2D eigenvalue weighted by Crippen LogP contribution is 2.28. The number of hydrogen-bond acceptors (Lipinski definition) is 5.